The molecule has 2 heteroatoms. The minimum Gasteiger partial charge on any atom is -0.455 e. The van der Waals surface area contributed by atoms with Crippen molar-refractivity contribution in [2.45, 2.75) is 0 Å². The summed E-state index contributed by atoms with van der Waals surface area (Å²) < 4.78 is 207. The van der Waals surface area contributed by atoms with Crippen LogP contribution >= 0.6 is 0 Å². The summed E-state index contributed by atoms with van der Waals surface area (Å²) in [6.07, 6.45) is 0. The summed E-state index contributed by atoms with van der Waals surface area (Å²) in [7, 11) is 0. The van der Waals surface area contributed by atoms with E-state index < -0.39 is 172 Å². The zero-order valence-corrected chi connectivity index (χ0v) is 31.2. The second-order valence-corrected chi connectivity index (χ2v) is 13.6. The molecule has 1 aromatic heterocycles. The average molecular weight is 788 g/mol. The normalized spacial score (nSPS) is 16.5. The third-order valence-electron chi connectivity index (χ3n) is 10.1. The summed E-state index contributed by atoms with van der Waals surface area (Å²) in [4.78, 5) is 0.550. The molecule has 11 aromatic rings. The molecule has 0 aliphatic carbocycles. The Bertz CT molecular complexity index is 4350. The van der Waals surface area contributed by atoms with Crippen molar-refractivity contribution in [3.05, 3.63) is 236 Å². The van der Waals surface area contributed by atoms with E-state index in [1.165, 1.54) is 0 Å². The molecule has 282 valence electrons. The summed E-state index contributed by atoms with van der Waals surface area (Å²) in [5, 5.41) is 2.34. The Labute approximate surface area is 380 Å². The maximum absolute atomic E-state index is 10.3. The van der Waals surface area contributed by atoms with Crippen molar-refractivity contribution in [2.75, 3.05) is 4.90 Å². The van der Waals surface area contributed by atoms with Gasteiger partial charge < -0.3 is 9.32 Å². The van der Waals surface area contributed by atoms with Gasteiger partial charge in [0.2, 0.25) is 0 Å². The number of hydrogen-bond donors (Lipinski definition) is 0. The van der Waals surface area contributed by atoms with Crippen LogP contribution in [0.5, 0.6) is 0 Å². The first kappa shape index (κ1) is 19.2. The molecular formula is C58H39NO. The van der Waals surface area contributed by atoms with Gasteiger partial charge in [0.25, 0.3) is 0 Å². The standard InChI is InChI=1S/C58H39NO/c1-5-16-40(17-6-1)42-28-32-47(33-29-42)59(48-34-30-43(31-35-48)41-18-7-2-8-19-41)49-25-15-24-46(38-49)50-36-37-51(44-20-9-3-10-21-44)58-56(50)55-39-54(45-22-11-4-12-23-45)52-26-13-14-27-53(52)57(55)60-58/h1-39H/i1D,2D,5D,6D,7D,8D,15D,16D,17D,18D,19D,24D,25D,28D,29D,30D,31D,32D,33D,34D,35D,38D. The van der Waals surface area contributed by atoms with E-state index in [0.717, 1.165) is 16.5 Å². The van der Waals surface area contributed by atoms with Gasteiger partial charge in [-0.1, -0.05) is 188 Å². The third kappa shape index (κ3) is 6.32. The van der Waals surface area contributed by atoms with E-state index in [0.29, 0.717) is 37.8 Å². The number of hydrogen-bond acceptors (Lipinski definition) is 2. The Morgan fingerprint density at radius 2 is 0.833 bits per heavy atom. The van der Waals surface area contributed by atoms with Crippen LogP contribution in [0.1, 0.15) is 30.2 Å². The molecule has 0 fully saturated rings. The van der Waals surface area contributed by atoms with E-state index in [-0.39, 0.29) is 16.7 Å². The summed E-state index contributed by atoms with van der Waals surface area (Å²) in [6.45, 7) is 0. The fourth-order valence-corrected chi connectivity index (χ4v) is 7.36. The molecule has 0 aliphatic rings. The first-order valence-electron chi connectivity index (χ1n) is 29.7. The molecule has 60 heavy (non-hydrogen) atoms. The molecule has 0 N–H and O–H groups in total. The van der Waals surface area contributed by atoms with Crippen molar-refractivity contribution in [3.63, 3.8) is 0 Å². The van der Waals surface area contributed by atoms with Gasteiger partial charge in [0.1, 0.15) is 11.2 Å². The van der Waals surface area contributed by atoms with E-state index in [2.05, 4.69) is 0 Å². The molecule has 11 rings (SSSR count). The molecule has 0 saturated carbocycles. The maximum atomic E-state index is 10.3. The average Bonchev–Trinajstić information content (AvgIpc) is 3.03. The number of fused-ring (bicyclic) bond motifs is 5. The van der Waals surface area contributed by atoms with E-state index in [9.17, 15) is 16.4 Å². The Hall–Kier alpha value is -7.94. The van der Waals surface area contributed by atoms with Gasteiger partial charge >= 0.3 is 0 Å². The van der Waals surface area contributed by atoms with E-state index in [4.69, 9.17) is 18.1 Å². The van der Waals surface area contributed by atoms with Crippen LogP contribution < -0.4 is 4.90 Å². The molecule has 2 nitrogen and oxygen atoms in total. The van der Waals surface area contributed by atoms with Gasteiger partial charge in [-0.15, -0.1) is 0 Å². The largest absolute Gasteiger partial charge is 0.455 e. The predicted octanol–water partition coefficient (Wildman–Crippen LogP) is 16.5. The van der Waals surface area contributed by atoms with Gasteiger partial charge in [0, 0.05) is 38.8 Å². The molecule has 0 saturated heterocycles. The lowest BCUT2D eigenvalue weighted by molar-refractivity contribution is 0.674. The predicted molar refractivity (Wildman–Crippen MR) is 253 cm³/mol. The fourth-order valence-electron chi connectivity index (χ4n) is 7.36. The summed E-state index contributed by atoms with van der Waals surface area (Å²) in [6, 6.07) is 10.6. The van der Waals surface area contributed by atoms with Crippen molar-refractivity contribution in [1.82, 2.24) is 0 Å². The summed E-state index contributed by atoms with van der Waals surface area (Å²) >= 11 is 0. The molecule has 10 aromatic carbocycles. The van der Waals surface area contributed by atoms with Crippen molar-refractivity contribution in [2.24, 2.45) is 0 Å². The third-order valence-corrected chi connectivity index (χ3v) is 10.1. The summed E-state index contributed by atoms with van der Waals surface area (Å²) in [5.74, 6) is 0. The lowest BCUT2D eigenvalue weighted by Gasteiger charge is -2.26. The van der Waals surface area contributed by atoms with Crippen molar-refractivity contribution >= 4 is 49.8 Å². The van der Waals surface area contributed by atoms with Crippen molar-refractivity contribution < 1.29 is 34.6 Å². The second-order valence-electron chi connectivity index (χ2n) is 13.6. The molecule has 1 heterocycles. The minimum absolute atomic E-state index is 0.0830. The number of rotatable bonds is 8. The molecule has 0 atom stereocenters. The number of nitrogens with zero attached hydrogens (tertiary/aromatic N) is 1. The molecule has 0 unspecified atom stereocenters. The highest BCUT2D eigenvalue weighted by atomic mass is 16.3. The maximum Gasteiger partial charge on any atom is 0.143 e. The van der Waals surface area contributed by atoms with Crippen LogP contribution in [0.2, 0.25) is 0 Å². The Morgan fingerprint density at radius 3 is 1.43 bits per heavy atom. The Kier molecular flexibility index (Phi) is 4.83. The second kappa shape index (κ2) is 15.1. The van der Waals surface area contributed by atoms with E-state index in [1.807, 2.05) is 91.0 Å². The number of anilines is 3. The zero-order valence-electron chi connectivity index (χ0n) is 53.2. The van der Waals surface area contributed by atoms with Gasteiger partial charge in [-0.2, -0.15) is 0 Å². The van der Waals surface area contributed by atoms with Crippen LogP contribution in [-0.4, -0.2) is 0 Å². The minimum atomic E-state index is -1.12. The number of furan rings is 1. The van der Waals surface area contributed by atoms with Crippen LogP contribution in [0.3, 0.4) is 0 Å². The van der Waals surface area contributed by atoms with Gasteiger partial charge in [0.15, 0.2) is 0 Å². The molecule has 0 aliphatic heterocycles. The highest BCUT2D eigenvalue weighted by Crippen LogP contribution is 2.47. The van der Waals surface area contributed by atoms with Gasteiger partial charge in [-0.25, -0.2) is 0 Å². The Balaban J connectivity index is 1.30. The van der Waals surface area contributed by atoms with E-state index >= 15 is 0 Å². The highest BCUT2D eigenvalue weighted by Gasteiger charge is 2.22. The fraction of sp³-hybridized carbons (Fsp3) is 0. The van der Waals surface area contributed by atoms with E-state index in [1.54, 1.807) is 12.1 Å². The zero-order chi connectivity index (χ0) is 59.0. The van der Waals surface area contributed by atoms with Crippen molar-refractivity contribution in [1.29, 1.82) is 0 Å². The van der Waals surface area contributed by atoms with Crippen LogP contribution in [-0.2, 0) is 0 Å². The van der Waals surface area contributed by atoms with Crippen LogP contribution in [0.15, 0.2) is 240 Å². The molecule has 0 spiro atoms. The highest BCUT2D eigenvalue weighted by molar-refractivity contribution is 6.24. The molecule has 0 bridgehead atoms. The quantitative estimate of drug-likeness (QED) is 0.152. The monoisotopic (exact) mass is 787 g/mol. The lowest BCUT2D eigenvalue weighted by atomic mass is 9.91. The lowest BCUT2D eigenvalue weighted by Crippen LogP contribution is -2.10. The van der Waals surface area contributed by atoms with Crippen LogP contribution in [0.25, 0.3) is 88.3 Å². The smallest absolute Gasteiger partial charge is 0.143 e. The summed E-state index contributed by atoms with van der Waals surface area (Å²) in [5.41, 5.74) is -2.59. The van der Waals surface area contributed by atoms with Crippen LogP contribution in [0.4, 0.5) is 17.1 Å². The molecular weight excluding hydrogens is 727 g/mol. The van der Waals surface area contributed by atoms with Gasteiger partial charge in [0.05, 0.1) is 30.2 Å². The topological polar surface area (TPSA) is 16.4 Å². The first-order valence-corrected chi connectivity index (χ1v) is 18.7. The van der Waals surface area contributed by atoms with Gasteiger partial charge in [-0.3, -0.25) is 0 Å². The first-order chi connectivity index (χ1) is 38.9. The van der Waals surface area contributed by atoms with Gasteiger partial charge in [-0.05, 0) is 104 Å². The van der Waals surface area contributed by atoms with Crippen LogP contribution in [0, 0.1) is 0 Å². The number of benzene rings is 10. The Morgan fingerprint density at radius 1 is 0.333 bits per heavy atom. The SMILES string of the molecule is [2H]c1c([2H])c([2H])c(-c2c([2H])c([2H])c(N(c3c([2H])c([2H])c(-c4c([2H])c([2H])c([2H])c([2H])c4[2H])c([2H])c3[2H])c3c([2H])c([2H])c([2H])c(-c4ccc(-c5ccccc5)c5oc6c7ccccc7c(-c7ccccc7)cc6c45)c3[2H])c([2H])c2[2H])c([2H])c1[2H]. The molecule has 0 radical (unpaired) electrons. The van der Waals surface area contributed by atoms with Crippen molar-refractivity contribution in [3.8, 4) is 55.6 Å². The molecule has 0 amide bonds.